The molecule has 0 fully saturated rings. The maximum Gasteiger partial charge on any atom is 0.408 e. The van der Waals surface area contributed by atoms with E-state index in [0.29, 0.717) is 6.42 Å². The fraction of sp³-hybridized carbons (Fsp3) is 0.389. The molecule has 0 unspecified atom stereocenters. The Morgan fingerprint density at radius 3 is 2.44 bits per heavy atom. The number of oxazole rings is 1. The lowest BCUT2D eigenvalue weighted by atomic mass is 10.1. The molecule has 134 valence electrons. The molecule has 2 aromatic rings. The first-order valence-corrected chi connectivity index (χ1v) is 7.90. The Bertz CT molecular complexity index is 747. The summed E-state index contributed by atoms with van der Waals surface area (Å²) in [6.45, 7) is 6.80. The normalized spacial score (nSPS) is 12.5. The molecule has 1 atom stereocenters. The zero-order valence-electron chi connectivity index (χ0n) is 14.7. The molecular formula is C18H22N2O5. The molecule has 7 nitrogen and oxygen atoms in total. The SMILES string of the molecule is Cc1oc([C@H](Cc2ccccc2)NC(=O)OC(C)(C)C)nc1C(=O)O. The number of nitrogens with zero attached hydrogens (tertiary/aromatic N) is 1. The van der Waals surface area contributed by atoms with Crippen LogP contribution in [-0.4, -0.2) is 27.8 Å². The van der Waals surface area contributed by atoms with Crippen molar-refractivity contribution in [3.63, 3.8) is 0 Å². The van der Waals surface area contributed by atoms with Crippen molar-refractivity contribution in [1.82, 2.24) is 10.3 Å². The number of carboxylic acids is 1. The molecule has 0 bridgehead atoms. The van der Waals surface area contributed by atoms with Crippen molar-refractivity contribution in [2.45, 2.75) is 45.8 Å². The van der Waals surface area contributed by atoms with Crippen molar-refractivity contribution in [2.75, 3.05) is 0 Å². The minimum atomic E-state index is -1.18. The maximum absolute atomic E-state index is 12.1. The van der Waals surface area contributed by atoms with Gasteiger partial charge in [0.25, 0.3) is 0 Å². The number of hydrogen-bond donors (Lipinski definition) is 2. The van der Waals surface area contributed by atoms with Gasteiger partial charge in [0.2, 0.25) is 5.89 Å². The number of nitrogens with one attached hydrogen (secondary N) is 1. The van der Waals surface area contributed by atoms with E-state index in [2.05, 4.69) is 10.3 Å². The van der Waals surface area contributed by atoms with E-state index in [9.17, 15) is 9.59 Å². The van der Waals surface area contributed by atoms with Gasteiger partial charge in [-0.05, 0) is 33.3 Å². The summed E-state index contributed by atoms with van der Waals surface area (Å²) >= 11 is 0. The van der Waals surface area contributed by atoms with Crippen molar-refractivity contribution in [1.29, 1.82) is 0 Å². The molecule has 0 aliphatic carbocycles. The van der Waals surface area contributed by atoms with Crippen LogP contribution in [0.1, 0.15) is 54.5 Å². The Balaban J connectivity index is 2.27. The number of aromatic nitrogens is 1. The van der Waals surface area contributed by atoms with Gasteiger partial charge >= 0.3 is 12.1 Å². The quantitative estimate of drug-likeness (QED) is 0.859. The lowest BCUT2D eigenvalue weighted by molar-refractivity contribution is 0.0495. The maximum atomic E-state index is 12.1. The number of aromatic carboxylic acids is 1. The van der Waals surface area contributed by atoms with Crippen molar-refractivity contribution in [3.05, 3.63) is 53.2 Å². The van der Waals surface area contributed by atoms with Crippen LogP contribution in [0.2, 0.25) is 0 Å². The summed E-state index contributed by atoms with van der Waals surface area (Å²) in [5.41, 5.74) is 0.121. The second-order valence-electron chi connectivity index (χ2n) is 6.65. The fourth-order valence-corrected chi connectivity index (χ4v) is 2.26. The van der Waals surface area contributed by atoms with Gasteiger partial charge in [0.05, 0.1) is 0 Å². The highest BCUT2D eigenvalue weighted by Crippen LogP contribution is 2.22. The number of carboxylic acid groups (broad SMARTS) is 1. The van der Waals surface area contributed by atoms with Gasteiger partial charge in [-0.2, -0.15) is 0 Å². The number of rotatable bonds is 5. The number of carbonyl (C=O) groups excluding carboxylic acids is 1. The third kappa shape index (κ3) is 5.34. The van der Waals surface area contributed by atoms with E-state index in [4.69, 9.17) is 14.3 Å². The number of amides is 1. The summed E-state index contributed by atoms with van der Waals surface area (Å²) < 4.78 is 10.8. The summed E-state index contributed by atoms with van der Waals surface area (Å²) in [6, 6.07) is 8.80. The van der Waals surface area contributed by atoms with E-state index in [-0.39, 0.29) is 17.3 Å². The van der Waals surface area contributed by atoms with Crippen LogP contribution in [0, 0.1) is 6.92 Å². The van der Waals surface area contributed by atoms with E-state index < -0.39 is 23.7 Å². The molecule has 25 heavy (non-hydrogen) atoms. The third-order valence-electron chi connectivity index (χ3n) is 3.29. The molecule has 1 heterocycles. The molecule has 0 aliphatic heterocycles. The minimum Gasteiger partial charge on any atom is -0.476 e. The van der Waals surface area contributed by atoms with Crippen molar-refractivity contribution < 1.29 is 23.8 Å². The minimum absolute atomic E-state index is 0.129. The van der Waals surface area contributed by atoms with Crippen LogP contribution < -0.4 is 5.32 Å². The van der Waals surface area contributed by atoms with E-state index in [1.807, 2.05) is 30.3 Å². The molecule has 7 heteroatoms. The molecule has 1 aromatic carbocycles. The van der Waals surface area contributed by atoms with E-state index in [1.54, 1.807) is 20.8 Å². The zero-order chi connectivity index (χ0) is 18.6. The molecular weight excluding hydrogens is 324 g/mol. The van der Waals surface area contributed by atoms with Crippen LogP contribution in [0.5, 0.6) is 0 Å². The van der Waals surface area contributed by atoms with Gasteiger partial charge in [-0.25, -0.2) is 14.6 Å². The summed E-state index contributed by atoms with van der Waals surface area (Å²) in [6.07, 6.45) is -0.236. The lowest BCUT2D eigenvalue weighted by Crippen LogP contribution is -2.36. The van der Waals surface area contributed by atoms with Crippen LogP contribution >= 0.6 is 0 Å². The number of benzene rings is 1. The Morgan fingerprint density at radius 2 is 1.92 bits per heavy atom. The van der Waals surface area contributed by atoms with E-state index >= 15 is 0 Å². The summed E-state index contributed by atoms with van der Waals surface area (Å²) in [4.78, 5) is 27.3. The highest BCUT2D eigenvalue weighted by Gasteiger charge is 2.26. The van der Waals surface area contributed by atoms with Gasteiger partial charge in [0.1, 0.15) is 17.4 Å². The number of ether oxygens (including phenoxy) is 1. The van der Waals surface area contributed by atoms with Crippen LogP contribution in [0.3, 0.4) is 0 Å². The first-order chi connectivity index (χ1) is 11.7. The van der Waals surface area contributed by atoms with Crippen LogP contribution in [0.15, 0.2) is 34.7 Å². The molecule has 0 saturated heterocycles. The average Bonchev–Trinajstić information content (AvgIpc) is 2.88. The fourth-order valence-electron chi connectivity index (χ4n) is 2.26. The van der Waals surface area contributed by atoms with Gasteiger partial charge in [0.15, 0.2) is 5.69 Å². The molecule has 1 aromatic heterocycles. The van der Waals surface area contributed by atoms with Crippen LogP contribution in [0.25, 0.3) is 0 Å². The summed E-state index contributed by atoms with van der Waals surface area (Å²) in [7, 11) is 0. The lowest BCUT2D eigenvalue weighted by Gasteiger charge is -2.22. The molecule has 1 amide bonds. The molecule has 2 N–H and O–H groups in total. The number of aryl methyl sites for hydroxylation is 1. The highest BCUT2D eigenvalue weighted by molar-refractivity contribution is 5.86. The van der Waals surface area contributed by atoms with E-state index in [1.165, 1.54) is 6.92 Å². The highest BCUT2D eigenvalue weighted by atomic mass is 16.6. The van der Waals surface area contributed by atoms with Crippen LogP contribution in [0.4, 0.5) is 4.79 Å². The Kier molecular flexibility index (Phi) is 5.46. The first kappa shape index (κ1) is 18.5. The third-order valence-corrected chi connectivity index (χ3v) is 3.29. The zero-order valence-corrected chi connectivity index (χ0v) is 14.7. The molecule has 0 aliphatic rings. The predicted molar refractivity (Wildman–Crippen MR) is 90.5 cm³/mol. The first-order valence-electron chi connectivity index (χ1n) is 7.90. The smallest absolute Gasteiger partial charge is 0.408 e. The largest absolute Gasteiger partial charge is 0.476 e. The van der Waals surface area contributed by atoms with Gasteiger partial charge < -0.3 is 19.6 Å². The Morgan fingerprint density at radius 1 is 1.28 bits per heavy atom. The van der Waals surface area contributed by atoms with Crippen LogP contribution in [-0.2, 0) is 11.2 Å². The molecule has 0 spiro atoms. The van der Waals surface area contributed by atoms with Gasteiger partial charge in [0, 0.05) is 6.42 Å². The second kappa shape index (κ2) is 7.38. The molecule has 2 rings (SSSR count). The summed E-state index contributed by atoms with van der Waals surface area (Å²) in [5, 5.41) is 11.9. The standard InChI is InChI=1S/C18H22N2O5/c1-11-14(16(21)22)20-15(24-11)13(10-12-8-6-5-7-9-12)19-17(23)25-18(2,3)4/h5-9,13H,10H2,1-4H3,(H,19,23)(H,21,22)/t13-/m0/s1. The van der Waals surface area contributed by atoms with Crippen molar-refractivity contribution >= 4 is 12.1 Å². The predicted octanol–water partition coefficient (Wildman–Crippen LogP) is 3.49. The second-order valence-corrected chi connectivity index (χ2v) is 6.65. The van der Waals surface area contributed by atoms with Gasteiger partial charge in [-0.15, -0.1) is 0 Å². The van der Waals surface area contributed by atoms with Crippen molar-refractivity contribution in [2.24, 2.45) is 0 Å². The van der Waals surface area contributed by atoms with E-state index in [0.717, 1.165) is 5.56 Å². The Labute approximate surface area is 146 Å². The molecule has 0 saturated carbocycles. The average molecular weight is 346 g/mol. The van der Waals surface area contributed by atoms with Gasteiger partial charge in [-0.3, -0.25) is 0 Å². The molecule has 0 radical (unpaired) electrons. The topological polar surface area (TPSA) is 102 Å². The van der Waals surface area contributed by atoms with Gasteiger partial charge in [-0.1, -0.05) is 30.3 Å². The monoisotopic (exact) mass is 346 g/mol. The Hall–Kier alpha value is -2.83. The number of carbonyl (C=O) groups is 2. The number of hydrogen-bond acceptors (Lipinski definition) is 5. The number of alkyl carbamates (subject to hydrolysis) is 1. The summed E-state index contributed by atoms with van der Waals surface area (Å²) in [5.74, 6) is -0.862. The van der Waals surface area contributed by atoms with Crippen molar-refractivity contribution in [3.8, 4) is 0 Å².